The van der Waals surface area contributed by atoms with Gasteiger partial charge in [0, 0.05) is 70.2 Å². The van der Waals surface area contributed by atoms with Crippen LogP contribution in [0.3, 0.4) is 0 Å². The van der Waals surface area contributed by atoms with Gasteiger partial charge in [0.15, 0.2) is 0 Å². The maximum atomic E-state index is 12.6. The first-order valence-electron chi connectivity index (χ1n) is 22.0. The number of phenolic OH excluding ortho intramolecular Hbond substituents is 9. The minimum atomic E-state index is -0.757. The van der Waals surface area contributed by atoms with Crippen molar-refractivity contribution >= 4 is 0 Å². The summed E-state index contributed by atoms with van der Waals surface area (Å²) in [5.41, 5.74) is 8.28. The molecule has 2 aliphatic heterocycles. The summed E-state index contributed by atoms with van der Waals surface area (Å²) < 4.78 is 13.8. The number of fused-ring (bicyclic) bond motifs is 9. The molecule has 4 aliphatic rings. The third-order valence-electron chi connectivity index (χ3n) is 14.3. The minimum Gasteiger partial charge on any atom is -0.508 e. The number of benzene rings is 8. The summed E-state index contributed by atoms with van der Waals surface area (Å²) in [7, 11) is 0. The molecule has 67 heavy (non-hydrogen) atoms. The van der Waals surface area contributed by atoms with Gasteiger partial charge >= 0.3 is 0 Å². The van der Waals surface area contributed by atoms with E-state index in [4.69, 9.17) is 9.47 Å². The molecule has 0 unspecified atom stereocenters. The van der Waals surface area contributed by atoms with Crippen molar-refractivity contribution in [3.8, 4) is 63.2 Å². The molecule has 8 aromatic carbocycles. The fourth-order valence-electron chi connectivity index (χ4n) is 12.0. The summed E-state index contributed by atoms with van der Waals surface area (Å²) >= 11 is 0. The molecule has 0 fully saturated rings. The van der Waals surface area contributed by atoms with Crippen molar-refractivity contribution in [3.63, 3.8) is 0 Å². The van der Waals surface area contributed by atoms with Crippen molar-refractivity contribution in [2.24, 2.45) is 0 Å². The molecule has 0 radical (unpaired) electrons. The van der Waals surface area contributed by atoms with E-state index in [-0.39, 0.29) is 51.7 Å². The lowest BCUT2D eigenvalue weighted by molar-refractivity contribution is 0.221. The summed E-state index contributed by atoms with van der Waals surface area (Å²) in [4.78, 5) is 0. The molecular formula is C56H42O11. The van der Waals surface area contributed by atoms with E-state index in [1.807, 2.05) is 42.5 Å². The third kappa shape index (κ3) is 6.18. The van der Waals surface area contributed by atoms with E-state index in [0.29, 0.717) is 56.0 Å². The molecule has 9 N–H and O–H groups in total. The zero-order valence-corrected chi connectivity index (χ0v) is 35.4. The molecule has 2 heterocycles. The first kappa shape index (κ1) is 40.1. The largest absolute Gasteiger partial charge is 0.508 e. The van der Waals surface area contributed by atoms with Crippen LogP contribution < -0.4 is 9.47 Å². The molecule has 0 saturated heterocycles. The summed E-state index contributed by atoms with van der Waals surface area (Å²) in [6.45, 7) is 0. The van der Waals surface area contributed by atoms with Crippen molar-refractivity contribution in [2.45, 2.75) is 47.7 Å². The second-order valence-corrected chi connectivity index (χ2v) is 18.1. The molecule has 8 aromatic rings. The quantitative estimate of drug-likeness (QED) is 0.0769. The van der Waals surface area contributed by atoms with Crippen molar-refractivity contribution in [3.05, 3.63) is 218 Å². The molecule has 11 nitrogen and oxygen atoms in total. The van der Waals surface area contributed by atoms with E-state index >= 15 is 0 Å². The van der Waals surface area contributed by atoms with Gasteiger partial charge in [-0.05, 0) is 105 Å². The minimum absolute atomic E-state index is 0.0173. The van der Waals surface area contributed by atoms with Crippen molar-refractivity contribution in [1.29, 1.82) is 0 Å². The van der Waals surface area contributed by atoms with Gasteiger partial charge in [-0.3, -0.25) is 0 Å². The van der Waals surface area contributed by atoms with Crippen molar-refractivity contribution < 1.29 is 55.4 Å². The standard InChI is InChI=1S/C56H42O11/c57-32-12-6-27(7-13-32)44-48-40(65)25-42-50(46(31-20-37(62)23-38(63)21-31)56(67-42)29-10-16-34(59)17-11-29)54(48)51-43(26-4-2-1-3-5-26)47-39(64)24-41-49(53(47)52(44)51)45(30-18-35(60)22-36(61)19-30)55(66-41)28-8-14-33(58)15-9-28/h1-25,43-46,51-52,55-65H/t43-,44-,45-,46-,51+,52+,55+,56+/m1/s1. The fraction of sp³-hybridized carbons (Fsp3) is 0.143. The first-order chi connectivity index (χ1) is 32.4. The van der Waals surface area contributed by atoms with E-state index < -0.39 is 47.7 Å². The van der Waals surface area contributed by atoms with E-state index in [1.165, 1.54) is 12.1 Å². The summed E-state index contributed by atoms with van der Waals surface area (Å²) in [5.74, 6) is -3.42. The molecule has 0 spiro atoms. The maximum Gasteiger partial charge on any atom is 0.135 e. The Bertz CT molecular complexity index is 3240. The van der Waals surface area contributed by atoms with E-state index in [0.717, 1.165) is 22.3 Å². The van der Waals surface area contributed by atoms with Gasteiger partial charge in [0.25, 0.3) is 0 Å². The van der Waals surface area contributed by atoms with Gasteiger partial charge in [-0.2, -0.15) is 0 Å². The second kappa shape index (κ2) is 14.8. The molecule has 0 amide bonds. The highest BCUT2D eigenvalue weighted by atomic mass is 16.5. The predicted molar refractivity (Wildman–Crippen MR) is 246 cm³/mol. The van der Waals surface area contributed by atoms with Gasteiger partial charge in [0.2, 0.25) is 0 Å². The molecule has 12 rings (SSSR count). The average Bonchev–Trinajstić information content (AvgIpc) is 4.05. The SMILES string of the molecule is Oc1ccc([C@@H]2c3c(O)cc4c(c3[C@H]3[C@H](c5ccccc5)c5c(O)cc6c(c5[C@@H]23)[C@@H](c2cc(O)cc(O)c2)[C@H](c2ccc(O)cc2)O6)[C@@H](c2cc(O)cc(O)c2)[C@H](c2ccc(O)cc2)O4)cc1. The molecule has 0 bridgehead atoms. The van der Waals surface area contributed by atoms with E-state index in [9.17, 15) is 46.0 Å². The van der Waals surface area contributed by atoms with Crippen molar-refractivity contribution in [1.82, 2.24) is 0 Å². The lowest BCUT2D eigenvalue weighted by Gasteiger charge is -2.27. The Kier molecular flexibility index (Phi) is 8.85. The normalized spacial score (nSPS) is 22.8. The van der Waals surface area contributed by atoms with Crippen molar-refractivity contribution in [2.75, 3.05) is 0 Å². The second-order valence-electron chi connectivity index (χ2n) is 18.1. The number of hydrogen-bond acceptors (Lipinski definition) is 11. The highest BCUT2D eigenvalue weighted by Gasteiger charge is 2.59. The highest BCUT2D eigenvalue weighted by Crippen LogP contribution is 2.74. The van der Waals surface area contributed by atoms with Crippen LogP contribution in [-0.2, 0) is 0 Å². The van der Waals surface area contributed by atoms with Crippen LogP contribution in [0.25, 0.3) is 0 Å². The van der Waals surface area contributed by atoms with E-state index in [1.54, 1.807) is 97.1 Å². The number of rotatable bonds is 6. The van der Waals surface area contributed by atoms with Crippen LogP contribution >= 0.6 is 0 Å². The maximum absolute atomic E-state index is 12.6. The Hall–Kier alpha value is -8.44. The number of phenols is 9. The predicted octanol–water partition coefficient (Wildman–Crippen LogP) is 10.7. The average molecular weight is 891 g/mol. The lowest BCUT2D eigenvalue weighted by atomic mass is 9.74. The van der Waals surface area contributed by atoms with Crippen LogP contribution in [0.1, 0.15) is 114 Å². The van der Waals surface area contributed by atoms with Crippen LogP contribution in [0.5, 0.6) is 63.2 Å². The van der Waals surface area contributed by atoms with Gasteiger partial charge in [-0.25, -0.2) is 0 Å². The Balaban J connectivity index is 1.19. The summed E-state index contributed by atoms with van der Waals surface area (Å²) in [6.07, 6.45) is -1.51. The number of ether oxygens (including phenoxy) is 2. The topological polar surface area (TPSA) is 201 Å². The summed E-state index contributed by atoms with van der Waals surface area (Å²) in [5, 5.41) is 101. The third-order valence-corrected chi connectivity index (χ3v) is 14.3. The Labute approximate surface area is 383 Å². The first-order valence-corrected chi connectivity index (χ1v) is 22.0. The number of hydrogen-bond donors (Lipinski definition) is 9. The van der Waals surface area contributed by atoms with Crippen LogP contribution in [0.2, 0.25) is 0 Å². The number of aromatic hydroxyl groups is 9. The molecule has 332 valence electrons. The molecule has 2 aliphatic carbocycles. The van der Waals surface area contributed by atoms with Gasteiger partial charge in [-0.15, -0.1) is 0 Å². The highest BCUT2D eigenvalue weighted by molar-refractivity contribution is 5.75. The fourth-order valence-corrected chi connectivity index (χ4v) is 12.0. The zero-order valence-electron chi connectivity index (χ0n) is 35.4. The van der Waals surface area contributed by atoms with Gasteiger partial charge in [0.1, 0.15) is 75.5 Å². The molecule has 0 aromatic heterocycles. The molecular weight excluding hydrogens is 849 g/mol. The Morgan fingerprint density at radius 2 is 0.612 bits per heavy atom. The van der Waals surface area contributed by atoms with Gasteiger partial charge < -0.3 is 55.4 Å². The molecule has 0 saturated carbocycles. The molecule has 8 atom stereocenters. The lowest BCUT2D eigenvalue weighted by Crippen LogP contribution is -2.15. The van der Waals surface area contributed by atoms with Gasteiger partial charge in [0.05, 0.1) is 11.8 Å². The van der Waals surface area contributed by atoms with Crippen LogP contribution in [0.4, 0.5) is 0 Å². The Morgan fingerprint density at radius 3 is 0.985 bits per heavy atom. The van der Waals surface area contributed by atoms with Crippen LogP contribution in [0, 0.1) is 0 Å². The molecule has 11 heteroatoms. The van der Waals surface area contributed by atoms with Crippen LogP contribution in [0.15, 0.2) is 152 Å². The smallest absolute Gasteiger partial charge is 0.135 e. The van der Waals surface area contributed by atoms with E-state index in [2.05, 4.69) is 0 Å². The van der Waals surface area contributed by atoms with Gasteiger partial charge in [-0.1, -0.05) is 66.7 Å². The Morgan fingerprint density at radius 1 is 0.269 bits per heavy atom. The summed E-state index contributed by atoms with van der Waals surface area (Å²) in [6, 6.07) is 42.1. The van der Waals surface area contributed by atoms with Crippen LogP contribution in [-0.4, -0.2) is 46.0 Å². The monoisotopic (exact) mass is 890 g/mol. The zero-order chi connectivity index (χ0) is 46.0.